The summed E-state index contributed by atoms with van der Waals surface area (Å²) in [5.41, 5.74) is 0.480. The van der Waals surface area contributed by atoms with Crippen LogP contribution in [0, 0.1) is 0 Å². The molecule has 3 nitrogen and oxygen atoms in total. The highest BCUT2D eigenvalue weighted by Gasteiger charge is 2.15. The van der Waals surface area contributed by atoms with Gasteiger partial charge < -0.3 is 4.74 Å². The van der Waals surface area contributed by atoms with Gasteiger partial charge in [-0.2, -0.15) is 0 Å². The number of hydrogen-bond acceptors (Lipinski definition) is 3. The van der Waals surface area contributed by atoms with Crippen LogP contribution in [-0.2, 0) is 4.74 Å². The largest absolute Gasteiger partial charge is 0.462 e. The van der Waals surface area contributed by atoms with Gasteiger partial charge >= 0.3 is 5.97 Å². The van der Waals surface area contributed by atoms with Gasteiger partial charge in [0.15, 0.2) is 0 Å². The van der Waals surface area contributed by atoms with Crippen molar-refractivity contribution in [1.82, 2.24) is 4.98 Å². The molecular weight excluding hydrogens is 314 g/mol. The summed E-state index contributed by atoms with van der Waals surface area (Å²) >= 11 is 6.49. The van der Waals surface area contributed by atoms with Gasteiger partial charge in [0, 0.05) is 12.4 Å². The topological polar surface area (TPSA) is 39.2 Å². The van der Waals surface area contributed by atoms with E-state index in [9.17, 15) is 4.79 Å². The molecule has 1 heterocycles. The summed E-state index contributed by atoms with van der Waals surface area (Å²) in [6, 6.07) is 0. The van der Waals surface area contributed by atoms with Gasteiger partial charge in [0.1, 0.15) is 0 Å². The van der Waals surface area contributed by atoms with Crippen molar-refractivity contribution in [2.75, 3.05) is 6.61 Å². The van der Waals surface area contributed by atoms with E-state index in [0.29, 0.717) is 21.1 Å². The average molecular weight is 323 g/mol. The third kappa shape index (κ3) is 2.78. The quantitative estimate of drug-likeness (QED) is 0.802. The van der Waals surface area contributed by atoms with Crippen molar-refractivity contribution < 1.29 is 9.53 Å². The number of pyridine rings is 1. The Morgan fingerprint density at radius 3 is 2.50 bits per heavy atom. The Balaban J connectivity index is 2.89. The first-order valence-corrected chi connectivity index (χ1v) is 5.71. The molecule has 0 aromatic carbocycles. The van der Waals surface area contributed by atoms with Crippen LogP contribution in [0.25, 0.3) is 0 Å². The summed E-state index contributed by atoms with van der Waals surface area (Å²) in [4.78, 5) is 15.4. The number of esters is 1. The van der Waals surface area contributed by atoms with E-state index in [1.54, 1.807) is 12.4 Å². The second kappa shape index (κ2) is 5.46. The lowest BCUT2D eigenvalue weighted by atomic mass is 10.3. The van der Waals surface area contributed by atoms with Crippen molar-refractivity contribution in [2.45, 2.75) is 13.3 Å². The van der Waals surface area contributed by atoms with Crippen molar-refractivity contribution in [1.29, 1.82) is 0 Å². The maximum Gasteiger partial charge on any atom is 0.340 e. The first-order chi connectivity index (χ1) is 6.66. The van der Waals surface area contributed by atoms with Crippen LogP contribution in [0.5, 0.6) is 0 Å². The maximum absolute atomic E-state index is 11.5. The van der Waals surface area contributed by atoms with Crippen LogP contribution in [0.1, 0.15) is 23.7 Å². The fraction of sp³-hybridized carbons (Fsp3) is 0.333. The zero-order valence-corrected chi connectivity index (χ0v) is 10.8. The predicted molar refractivity (Wildman–Crippen MR) is 60.2 cm³/mol. The first kappa shape index (κ1) is 11.7. The van der Waals surface area contributed by atoms with Gasteiger partial charge in [-0.05, 0) is 38.3 Å². The van der Waals surface area contributed by atoms with E-state index in [-0.39, 0.29) is 5.97 Å². The summed E-state index contributed by atoms with van der Waals surface area (Å²) in [5, 5.41) is 0. The molecule has 0 atom stereocenters. The first-order valence-electron chi connectivity index (χ1n) is 4.13. The molecule has 0 aliphatic carbocycles. The monoisotopic (exact) mass is 321 g/mol. The van der Waals surface area contributed by atoms with Crippen LogP contribution >= 0.6 is 31.9 Å². The van der Waals surface area contributed by atoms with E-state index in [1.165, 1.54) is 0 Å². The highest BCUT2D eigenvalue weighted by atomic mass is 79.9. The molecule has 0 amide bonds. The number of nitrogens with zero attached hydrogens (tertiary/aromatic N) is 1. The molecule has 0 aliphatic rings. The zero-order valence-electron chi connectivity index (χ0n) is 7.59. The van der Waals surface area contributed by atoms with Gasteiger partial charge in [-0.15, -0.1) is 0 Å². The van der Waals surface area contributed by atoms with Crippen LogP contribution < -0.4 is 0 Å². The van der Waals surface area contributed by atoms with E-state index in [0.717, 1.165) is 6.42 Å². The van der Waals surface area contributed by atoms with E-state index in [1.807, 2.05) is 6.92 Å². The van der Waals surface area contributed by atoms with Gasteiger partial charge in [-0.25, -0.2) is 4.79 Å². The molecule has 0 spiro atoms. The minimum absolute atomic E-state index is 0.340. The van der Waals surface area contributed by atoms with Crippen molar-refractivity contribution in [2.24, 2.45) is 0 Å². The van der Waals surface area contributed by atoms with Crippen molar-refractivity contribution in [3.63, 3.8) is 0 Å². The van der Waals surface area contributed by atoms with Gasteiger partial charge in [0.25, 0.3) is 0 Å². The normalized spacial score (nSPS) is 9.93. The lowest BCUT2D eigenvalue weighted by Gasteiger charge is -2.06. The summed E-state index contributed by atoms with van der Waals surface area (Å²) < 4.78 is 6.28. The number of hydrogen-bond donors (Lipinski definition) is 0. The van der Waals surface area contributed by atoms with Crippen molar-refractivity contribution in [3.8, 4) is 0 Å². The zero-order chi connectivity index (χ0) is 10.6. The minimum Gasteiger partial charge on any atom is -0.462 e. The smallest absolute Gasteiger partial charge is 0.340 e. The second-order valence-corrected chi connectivity index (χ2v) is 4.32. The van der Waals surface area contributed by atoms with Gasteiger partial charge in [0.2, 0.25) is 0 Å². The van der Waals surface area contributed by atoms with Gasteiger partial charge in [0.05, 0.1) is 21.1 Å². The molecular formula is C9H9Br2NO2. The van der Waals surface area contributed by atoms with E-state index in [4.69, 9.17) is 4.74 Å². The second-order valence-electron chi connectivity index (χ2n) is 2.61. The molecule has 14 heavy (non-hydrogen) atoms. The fourth-order valence-electron chi connectivity index (χ4n) is 0.873. The molecule has 0 fully saturated rings. The number of carbonyl (C=O) groups is 1. The Bertz CT molecular complexity index is 321. The van der Waals surface area contributed by atoms with Crippen LogP contribution in [0.4, 0.5) is 0 Å². The molecule has 5 heteroatoms. The highest BCUT2D eigenvalue weighted by Crippen LogP contribution is 2.24. The Kier molecular flexibility index (Phi) is 4.54. The molecule has 0 unspecified atom stereocenters. The molecule has 0 saturated heterocycles. The van der Waals surface area contributed by atoms with Gasteiger partial charge in [-0.1, -0.05) is 6.92 Å². The molecule has 0 radical (unpaired) electrons. The fourth-order valence-corrected chi connectivity index (χ4v) is 2.13. The average Bonchev–Trinajstić information content (AvgIpc) is 2.14. The molecule has 0 aliphatic heterocycles. The summed E-state index contributed by atoms with van der Waals surface area (Å²) in [7, 11) is 0. The molecule has 76 valence electrons. The van der Waals surface area contributed by atoms with Crippen LogP contribution in [0.3, 0.4) is 0 Å². The number of carbonyl (C=O) groups excluding carboxylic acids is 1. The Hall–Kier alpha value is -0.420. The summed E-state index contributed by atoms with van der Waals surface area (Å²) in [6.45, 7) is 2.38. The number of rotatable bonds is 3. The standard InChI is InChI=1S/C9H9Br2NO2/c1-2-3-14-9(13)8-6(10)4-12-5-7(8)11/h4-5H,2-3H2,1H3. The SMILES string of the molecule is CCCOC(=O)c1c(Br)cncc1Br. The Morgan fingerprint density at radius 1 is 1.43 bits per heavy atom. The summed E-state index contributed by atoms with van der Waals surface area (Å²) in [6.07, 6.45) is 3.94. The van der Waals surface area contributed by atoms with Gasteiger partial charge in [-0.3, -0.25) is 4.98 Å². The van der Waals surface area contributed by atoms with Crippen LogP contribution in [0.2, 0.25) is 0 Å². The highest BCUT2D eigenvalue weighted by molar-refractivity contribution is 9.11. The van der Waals surface area contributed by atoms with E-state index >= 15 is 0 Å². The molecule has 1 aromatic heterocycles. The lowest BCUT2D eigenvalue weighted by Crippen LogP contribution is -2.07. The molecule has 0 bridgehead atoms. The molecule has 1 rings (SSSR count). The number of aromatic nitrogens is 1. The van der Waals surface area contributed by atoms with E-state index in [2.05, 4.69) is 36.8 Å². The maximum atomic E-state index is 11.5. The van der Waals surface area contributed by atoms with Crippen molar-refractivity contribution >= 4 is 37.8 Å². The minimum atomic E-state index is -0.340. The molecule has 0 N–H and O–H groups in total. The third-order valence-corrected chi connectivity index (χ3v) is 2.70. The molecule has 1 aromatic rings. The number of ether oxygens (including phenoxy) is 1. The predicted octanol–water partition coefficient (Wildman–Crippen LogP) is 3.17. The van der Waals surface area contributed by atoms with Crippen molar-refractivity contribution in [3.05, 3.63) is 26.9 Å². The van der Waals surface area contributed by atoms with E-state index < -0.39 is 0 Å². The lowest BCUT2D eigenvalue weighted by molar-refractivity contribution is 0.0503. The number of halogens is 2. The summed E-state index contributed by atoms with van der Waals surface area (Å²) in [5.74, 6) is -0.340. The van der Waals surface area contributed by atoms with Crippen LogP contribution in [0.15, 0.2) is 21.3 Å². The van der Waals surface area contributed by atoms with Crippen LogP contribution in [-0.4, -0.2) is 17.6 Å². The third-order valence-electron chi connectivity index (χ3n) is 1.49. The Labute approximate surface area is 99.1 Å². The Morgan fingerprint density at radius 2 is 2.00 bits per heavy atom. The molecule has 0 saturated carbocycles.